The zero-order chi connectivity index (χ0) is 30.5. The van der Waals surface area contributed by atoms with Crippen LogP contribution in [0.25, 0.3) is 88.4 Å². The van der Waals surface area contributed by atoms with E-state index in [9.17, 15) is 0 Å². The van der Waals surface area contributed by atoms with Crippen molar-refractivity contribution in [3.05, 3.63) is 164 Å². The third-order valence-electron chi connectivity index (χ3n) is 8.88. The monoisotopic (exact) mass is 585 g/mol. The molecule has 0 aliphatic carbocycles. The Morgan fingerprint density at radius 3 is 1.52 bits per heavy atom. The smallest absolute Gasteiger partial charge is 0.164 e. The van der Waals surface area contributed by atoms with Crippen molar-refractivity contribution < 1.29 is 0 Å². The Bertz CT molecular complexity index is 2520. The molecule has 1 aromatic heterocycles. The van der Waals surface area contributed by atoms with E-state index < -0.39 is 0 Å². The van der Waals surface area contributed by atoms with Gasteiger partial charge in [0.15, 0.2) is 17.5 Å². The SMILES string of the molecule is c1ccc(-c2nc(-c3ccccc3)nc(-c3cccc(-c4ccc5ccc6ccc7c8ccccc8ccc7c6c5c4)c3)n2)cc1. The van der Waals surface area contributed by atoms with Gasteiger partial charge in [-0.2, -0.15) is 0 Å². The third kappa shape index (κ3) is 4.49. The summed E-state index contributed by atoms with van der Waals surface area (Å²) < 4.78 is 0. The summed E-state index contributed by atoms with van der Waals surface area (Å²) in [4.78, 5) is 14.8. The summed E-state index contributed by atoms with van der Waals surface area (Å²) in [5, 5.41) is 10.1. The molecule has 214 valence electrons. The minimum atomic E-state index is 0.652. The van der Waals surface area contributed by atoms with Gasteiger partial charge in [0.05, 0.1) is 0 Å². The molecule has 0 unspecified atom stereocenters. The van der Waals surface area contributed by atoms with Crippen molar-refractivity contribution in [3.8, 4) is 45.3 Å². The van der Waals surface area contributed by atoms with E-state index in [0.717, 1.165) is 27.8 Å². The Labute approximate surface area is 266 Å². The average molecular weight is 586 g/mol. The molecule has 0 radical (unpaired) electrons. The molecule has 0 saturated carbocycles. The highest BCUT2D eigenvalue weighted by Gasteiger charge is 2.14. The zero-order valence-electron chi connectivity index (χ0n) is 24.9. The second-order valence-corrected chi connectivity index (χ2v) is 11.7. The van der Waals surface area contributed by atoms with Crippen molar-refractivity contribution >= 4 is 43.1 Å². The van der Waals surface area contributed by atoms with Crippen LogP contribution in [-0.4, -0.2) is 15.0 Å². The van der Waals surface area contributed by atoms with E-state index in [1.54, 1.807) is 0 Å². The lowest BCUT2D eigenvalue weighted by molar-refractivity contribution is 1.07. The molecule has 0 atom stereocenters. The van der Waals surface area contributed by atoms with Crippen molar-refractivity contribution in [2.75, 3.05) is 0 Å². The van der Waals surface area contributed by atoms with Crippen LogP contribution in [-0.2, 0) is 0 Å². The van der Waals surface area contributed by atoms with Crippen LogP contribution in [0.3, 0.4) is 0 Å². The Kier molecular flexibility index (Phi) is 6.14. The van der Waals surface area contributed by atoms with Crippen LogP contribution >= 0.6 is 0 Å². The summed E-state index contributed by atoms with van der Waals surface area (Å²) in [5.74, 6) is 1.97. The quantitative estimate of drug-likeness (QED) is 0.193. The molecule has 9 aromatic rings. The predicted octanol–water partition coefficient (Wildman–Crippen LogP) is 11.2. The molecule has 0 N–H and O–H groups in total. The van der Waals surface area contributed by atoms with Crippen LogP contribution in [0, 0.1) is 0 Å². The molecule has 0 spiro atoms. The first-order chi connectivity index (χ1) is 22.8. The first-order valence-electron chi connectivity index (χ1n) is 15.5. The molecule has 0 aliphatic rings. The predicted molar refractivity (Wildman–Crippen MR) is 192 cm³/mol. The highest BCUT2D eigenvalue weighted by Crippen LogP contribution is 2.37. The van der Waals surface area contributed by atoms with Crippen LogP contribution in [0.2, 0.25) is 0 Å². The fourth-order valence-electron chi connectivity index (χ4n) is 6.60. The van der Waals surface area contributed by atoms with Gasteiger partial charge < -0.3 is 0 Å². The second-order valence-electron chi connectivity index (χ2n) is 11.7. The largest absolute Gasteiger partial charge is 0.208 e. The van der Waals surface area contributed by atoms with E-state index in [0.29, 0.717) is 17.5 Å². The summed E-state index contributed by atoms with van der Waals surface area (Å²) in [6, 6.07) is 57.7. The Morgan fingerprint density at radius 1 is 0.261 bits per heavy atom. The van der Waals surface area contributed by atoms with Crippen LogP contribution in [0.5, 0.6) is 0 Å². The number of hydrogen-bond acceptors (Lipinski definition) is 3. The maximum absolute atomic E-state index is 4.96. The van der Waals surface area contributed by atoms with Gasteiger partial charge in [0, 0.05) is 16.7 Å². The summed E-state index contributed by atoms with van der Waals surface area (Å²) in [5.41, 5.74) is 5.14. The van der Waals surface area contributed by atoms with E-state index in [1.165, 1.54) is 43.1 Å². The molecule has 8 aromatic carbocycles. The lowest BCUT2D eigenvalue weighted by Crippen LogP contribution is -2.00. The number of hydrogen-bond donors (Lipinski definition) is 0. The molecule has 3 nitrogen and oxygen atoms in total. The lowest BCUT2D eigenvalue weighted by Gasteiger charge is -2.12. The minimum absolute atomic E-state index is 0.652. The van der Waals surface area contributed by atoms with Crippen molar-refractivity contribution in [3.63, 3.8) is 0 Å². The van der Waals surface area contributed by atoms with Crippen molar-refractivity contribution in [1.29, 1.82) is 0 Å². The molecule has 46 heavy (non-hydrogen) atoms. The molecule has 9 rings (SSSR count). The van der Waals surface area contributed by atoms with Gasteiger partial charge in [-0.3, -0.25) is 0 Å². The van der Waals surface area contributed by atoms with Gasteiger partial charge in [-0.1, -0.05) is 152 Å². The molecule has 0 saturated heterocycles. The van der Waals surface area contributed by atoms with Gasteiger partial charge in [0.1, 0.15) is 0 Å². The zero-order valence-corrected chi connectivity index (χ0v) is 24.9. The van der Waals surface area contributed by atoms with E-state index in [-0.39, 0.29) is 0 Å². The lowest BCUT2D eigenvalue weighted by atomic mass is 9.92. The molecule has 0 aliphatic heterocycles. The number of fused-ring (bicyclic) bond motifs is 7. The van der Waals surface area contributed by atoms with Gasteiger partial charge in [0.25, 0.3) is 0 Å². The van der Waals surface area contributed by atoms with Gasteiger partial charge >= 0.3 is 0 Å². The van der Waals surface area contributed by atoms with Crippen molar-refractivity contribution in [2.24, 2.45) is 0 Å². The number of benzene rings is 8. The van der Waals surface area contributed by atoms with Gasteiger partial charge in [0.2, 0.25) is 0 Å². The van der Waals surface area contributed by atoms with Crippen molar-refractivity contribution in [1.82, 2.24) is 15.0 Å². The van der Waals surface area contributed by atoms with Crippen molar-refractivity contribution in [2.45, 2.75) is 0 Å². The first kappa shape index (κ1) is 26.2. The van der Waals surface area contributed by atoms with E-state index in [2.05, 4.69) is 103 Å². The molecular formula is C43H27N3. The van der Waals surface area contributed by atoms with E-state index in [4.69, 9.17) is 15.0 Å². The van der Waals surface area contributed by atoms with Gasteiger partial charge in [-0.05, 0) is 66.3 Å². The summed E-state index contributed by atoms with van der Waals surface area (Å²) in [6.07, 6.45) is 0. The Morgan fingerprint density at radius 2 is 0.761 bits per heavy atom. The highest BCUT2D eigenvalue weighted by atomic mass is 15.0. The fourth-order valence-corrected chi connectivity index (χ4v) is 6.60. The summed E-state index contributed by atoms with van der Waals surface area (Å²) in [7, 11) is 0. The molecule has 3 heteroatoms. The molecule has 0 amide bonds. The number of nitrogens with zero attached hydrogens (tertiary/aromatic N) is 3. The van der Waals surface area contributed by atoms with Crippen LogP contribution in [0.1, 0.15) is 0 Å². The van der Waals surface area contributed by atoms with E-state index >= 15 is 0 Å². The number of rotatable bonds is 4. The summed E-state index contributed by atoms with van der Waals surface area (Å²) in [6.45, 7) is 0. The topological polar surface area (TPSA) is 38.7 Å². The summed E-state index contributed by atoms with van der Waals surface area (Å²) >= 11 is 0. The highest BCUT2D eigenvalue weighted by molar-refractivity contribution is 6.25. The number of aromatic nitrogens is 3. The first-order valence-corrected chi connectivity index (χ1v) is 15.5. The molecular weight excluding hydrogens is 558 g/mol. The Balaban J connectivity index is 1.21. The molecule has 0 bridgehead atoms. The van der Waals surface area contributed by atoms with Crippen LogP contribution in [0.4, 0.5) is 0 Å². The van der Waals surface area contributed by atoms with Crippen LogP contribution < -0.4 is 0 Å². The van der Waals surface area contributed by atoms with Gasteiger partial charge in [-0.15, -0.1) is 0 Å². The maximum atomic E-state index is 4.96. The van der Waals surface area contributed by atoms with Gasteiger partial charge in [-0.25, -0.2) is 15.0 Å². The average Bonchev–Trinajstić information content (AvgIpc) is 3.14. The minimum Gasteiger partial charge on any atom is -0.208 e. The third-order valence-corrected chi connectivity index (χ3v) is 8.88. The van der Waals surface area contributed by atoms with E-state index in [1.807, 2.05) is 60.7 Å². The van der Waals surface area contributed by atoms with Crippen LogP contribution in [0.15, 0.2) is 164 Å². The normalized spacial score (nSPS) is 11.5. The molecule has 0 fully saturated rings. The second kappa shape index (κ2) is 10.8. The Hall–Kier alpha value is -6.19. The maximum Gasteiger partial charge on any atom is 0.164 e. The standard InChI is InChI=1S/C43H27N3/c1-3-11-31(12-4-1)41-44-42(32-13-5-2-6-14-32)46-43(45-41)35-16-9-15-33(26-35)34-21-19-29-18-20-30-23-24-37-36-17-8-7-10-28(36)22-25-38(37)40(30)39(29)27-34/h1-27H. The molecule has 1 heterocycles. The fraction of sp³-hybridized carbons (Fsp3) is 0.